The molecule has 2 aromatic carbocycles. The van der Waals surface area contributed by atoms with Crippen molar-refractivity contribution in [3.8, 4) is 5.75 Å². The SMILES string of the molecule is CC[C@H](C)[C@H]1NC(=O)[C@@H](NC(=O)[C@H](C)[C@H](O)C(C)C)[C@@H](C)OC(=O)[C@H](CO)NC(=O)[C@@H]([C@@H](C)O)NC(=O)[C@H](Cc2ccccc2)NC(=O)[C@H](c2ccc(O)cc2)NC1=O. The van der Waals surface area contributed by atoms with Gasteiger partial charge in [0.1, 0.15) is 42.1 Å². The van der Waals surface area contributed by atoms with E-state index in [0.717, 1.165) is 0 Å². The third kappa shape index (κ3) is 13.2. The van der Waals surface area contributed by atoms with Crippen molar-refractivity contribution in [1.82, 2.24) is 31.9 Å². The highest BCUT2D eigenvalue weighted by molar-refractivity contribution is 5.98. The Balaban J connectivity index is 2.20. The highest BCUT2D eigenvalue weighted by atomic mass is 16.5. The first kappa shape index (κ1) is 47.8. The standard InChI is InChI=1S/C41H58N6O12/c1-8-21(4)30-37(54)47-33(26-14-16-27(50)17-15-26)40(57)42-28(18-25-12-10-9-11-13-25)36(53)45-31(23(6)49)38(55)43-29(19-48)41(58)59-24(7)32(39(56)44-30)46-35(52)22(5)34(51)20(2)3/h9-17,20-24,28-34,48-51H,8,18-19H2,1-7H3,(H,42,57)(H,43,55)(H,44,56)(H,45,53)(H,46,52)(H,47,54)/t21-,22+,23+,24+,28-,29-,30+,31+,32-,33-,34+/m0/s1. The molecule has 3 rings (SSSR count). The number of amides is 6. The smallest absolute Gasteiger partial charge is 0.331 e. The quantitative estimate of drug-likeness (QED) is 0.125. The Hall–Kier alpha value is -5.59. The van der Waals surface area contributed by atoms with E-state index in [1.54, 1.807) is 58.0 Å². The van der Waals surface area contributed by atoms with Gasteiger partial charge in [0.15, 0.2) is 6.04 Å². The van der Waals surface area contributed by atoms with E-state index in [2.05, 4.69) is 31.9 Å². The second-order valence-electron chi connectivity index (χ2n) is 15.3. The summed E-state index contributed by atoms with van der Waals surface area (Å²) >= 11 is 0. The molecule has 0 aliphatic carbocycles. The Morgan fingerprint density at radius 2 is 1.32 bits per heavy atom. The maximum absolute atomic E-state index is 14.3. The Kier molecular flexibility index (Phi) is 17.8. The number of benzene rings is 2. The number of hydrogen-bond acceptors (Lipinski definition) is 12. The molecule has 2 aromatic rings. The zero-order chi connectivity index (χ0) is 44.1. The van der Waals surface area contributed by atoms with Crippen molar-refractivity contribution >= 4 is 41.4 Å². The molecule has 0 spiro atoms. The van der Waals surface area contributed by atoms with Gasteiger partial charge in [0.2, 0.25) is 35.4 Å². The number of carbonyl (C=O) groups excluding carboxylic acids is 7. The fraction of sp³-hybridized carbons (Fsp3) is 0.537. The number of aromatic hydroxyl groups is 1. The molecule has 0 saturated carbocycles. The number of carbonyl (C=O) groups is 7. The molecule has 6 amide bonds. The van der Waals surface area contributed by atoms with Crippen molar-refractivity contribution in [2.45, 2.75) is 116 Å². The number of hydrogen-bond donors (Lipinski definition) is 10. The summed E-state index contributed by atoms with van der Waals surface area (Å²) in [7, 11) is 0. The molecule has 18 heteroatoms. The number of ether oxygens (including phenoxy) is 1. The number of phenolic OH excluding ortho intramolecular Hbond substituents is 1. The minimum absolute atomic E-state index is 0.127. The van der Waals surface area contributed by atoms with Crippen LogP contribution in [0.3, 0.4) is 0 Å². The number of esters is 1. The molecular formula is C41H58N6O12. The van der Waals surface area contributed by atoms with Crippen LogP contribution in [0.1, 0.15) is 72.1 Å². The zero-order valence-corrected chi connectivity index (χ0v) is 34.3. The predicted molar refractivity (Wildman–Crippen MR) is 213 cm³/mol. The normalized spacial score (nSPS) is 26.2. The van der Waals surface area contributed by atoms with Crippen LogP contribution < -0.4 is 31.9 Å². The summed E-state index contributed by atoms with van der Waals surface area (Å²) in [5, 5.41) is 56.5. The summed E-state index contributed by atoms with van der Waals surface area (Å²) in [5.74, 6) is -9.02. The van der Waals surface area contributed by atoms with Gasteiger partial charge >= 0.3 is 5.97 Å². The van der Waals surface area contributed by atoms with Crippen LogP contribution in [0.5, 0.6) is 5.75 Å². The van der Waals surface area contributed by atoms with Crippen molar-refractivity contribution in [3.05, 3.63) is 65.7 Å². The topological polar surface area (TPSA) is 282 Å². The van der Waals surface area contributed by atoms with E-state index in [9.17, 15) is 54.0 Å². The Morgan fingerprint density at radius 3 is 1.88 bits per heavy atom. The van der Waals surface area contributed by atoms with Crippen molar-refractivity contribution in [1.29, 1.82) is 0 Å². The van der Waals surface area contributed by atoms with Gasteiger partial charge in [-0.15, -0.1) is 0 Å². The Labute approximate surface area is 343 Å². The van der Waals surface area contributed by atoms with Crippen molar-refractivity contribution in [2.24, 2.45) is 17.8 Å². The minimum atomic E-state index is -1.80. The van der Waals surface area contributed by atoms with Crippen molar-refractivity contribution < 1.29 is 58.7 Å². The van der Waals surface area contributed by atoms with Crippen molar-refractivity contribution in [3.63, 3.8) is 0 Å². The lowest BCUT2D eigenvalue weighted by molar-refractivity contribution is -0.157. The maximum atomic E-state index is 14.3. The third-order valence-electron chi connectivity index (χ3n) is 10.3. The van der Waals surface area contributed by atoms with Gasteiger partial charge < -0.3 is 57.1 Å². The fourth-order valence-electron chi connectivity index (χ4n) is 6.30. The number of rotatable bonds is 11. The second-order valence-corrected chi connectivity index (χ2v) is 15.3. The molecule has 324 valence electrons. The molecule has 1 aliphatic heterocycles. The van der Waals surface area contributed by atoms with Gasteiger partial charge in [-0.05, 0) is 48.9 Å². The molecule has 0 unspecified atom stereocenters. The van der Waals surface area contributed by atoms with Crippen LogP contribution >= 0.6 is 0 Å². The van der Waals surface area contributed by atoms with E-state index < -0.39 is 114 Å². The van der Waals surface area contributed by atoms with E-state index in [4.69, 9.17) is 4.74 Å². The molecule has 0 bridgehead atoms. The molecule has 1 fully saturated rings. The van der Waals surface area contributed by atoms with Crippen LogP contribution in [0.4, 0.5) is 0 Å². The van der Waals surface area contributed by atoms with Crippen LogP contribution in [-0.2, 0) is 44.7 Å². The van der Waals surface area contributed by atoms with Crippen molar-refractivity contribution in [2.75, 3.05) is 6.61 Å². The maximum Gasteiger partial charge on any atom is 0.331 e. The predicted octanol–water partition coefficient (Wildman–Crippen LogP) is -0.766. The van der Waals surface area contributed by atoms with Gasteiger partial charge in [0.25, 0.3) is 0 Å². The molecule has 0 radical (unpaired) electrons. The van der Waals surface area contributed by atoms with E-state index in [-0.39, 0.29) is 23.7 Å². The average molecular weight is 827 g/mol. The largest absolute Gasteiger partial charge is 0.508 e. The monoisotopic (exact) mass is 826 g/mol. The molecule has 59 heavy (non-hydrogen) atoms. The average Bonchev–Trinajstić information content (AvgIpc) is 3.20. The molecule has 1 saturated heterocycles. The summed E-state index contributed by atoms with van der Waals surface area (Å²) in [4.78, 5) is 97.1. The van der Waals surface area contributed by atoms with Crippen LogP contribution in [-0.4, -0.2) is 117 Å². The minimum Gasteiger partial charge on any atom is -0.508 e. The molecule has 10 N–H and O–H groups in total. The van der Waals surface area contributed by atoms with Gasteiger partial charge in [0, 0.05) is 6.42 Å². The molecule has 18 nitrogen and oxygen atoms in total. The fourth-order valence-corrected chi connectivity index (χ4v) is 6.30. The second kappa shape index (κ2) is 22.0. The lowest BCUT2D eigenvalue weighted by Crippen LogP contribution is -2.61. The van der Waals surface area contributed by atoms with Crippen LogP contribution in [0, 0.1) is 17.8 Å². The van der Waals surface area contributed by atoms with Gasteiger partial charge in [0.05, 0.1) is 24.7 Å². The summed E-state index contributed by atoms with van der Waals surface area (Å²) in [5.41, 5.74) is 0.758. The first-order valence-electron chi connectivity index (χ1n) is 19.6. The number of phenols is 1. The number of aliphatic hydroxyl groups is 3. The molecule has 0 aromatic heterocycles. The molecular weight excluding hydrogens is 768 g/mol. The van der Waals surface area contributed by atoms with Gasteiger partial charge in [-0.1, -0.05) is 83.5 Å². The van der Waals surface area contributed by atoms with E-state index in [1.165, 1.54) is 45.0 Å². The zero-order valence-electron chi connectivity index (χ0n) is 34.3. The summed E-state index contributed by atoms with van der Waals surface area (Å²) < 4.78 is 5.51. The lowest BCUT2D eigenvalue weighted by atomic mass is 9.93. The van der Waals surface area contributed by atoms with Crippen LogP contribution in [0.25, 0.3) is 0 Å². The molecule has 11 atom stereocenters. The third-order valence-corrected chi connectivity index (χ3v) is 10.3. The van der Waals surface area contributed by atoms with Gasteiger partial charge in [-0.2, -0.15) is 0 Å². The summed E-state index contributed by atoms with van der Waals surface area (Å²) in [6.07, 6.45) is -4.04. The number of aliphatic hydroxyl groups excluding tert-OH is 3. The molecule has 1 aliphatic rings. The highest BCUT2D eigenvalue weighted by Gasteiger charge is 2.40. The summed E-state index contributed by atoms with van der Waals surface area (Å²) in [6.45, 7) is 9.61. The van der Waals surface area contributed by atoms with Crippen LogP contribution in [0.2, 0.25) is 0 Å². The van der Waals surface area contributed by atoms with E-state index in [0.29, 0.717) is 12.0 Å². The van der Waals surface area contributed by atoms with Gasteiger partial charge in [-0.3, -0.25) is 28.8 Å². The lowest BCUT2D eigenvalue weighted by Gasteiger charge is -2.31. The summed E-state index contributed by atoms with van der Waals surface area (Å²) in [6, 6.07) is 4.25. The molecule has 1 heterocycles. The first-order chi connectivity index (χ1) is 27.8. The first-order valence-corrected chi connectivity index (χ1v) is 19.6. The number of nitrogens with one attached hydrogen (secondary N) is 6. The van der Waals surface area contributed by atoms with E-state index >= 15 is 0 Å². The Morgan fingerprint density at radius 1 is 0.746 bits per heavy atom. The highest BCUT2D eigenvalue weighted by Crippen LogP contribution is 2.20. The number of cyclic esters (lactones) is 1. The van der Waals surface area contributed by atoms with Crippen LogP contribution in [0.15, 0.2) is 54.6 Å². The van der Waals surface area contributed by atoms with Gasteiger partial charge in [-0.25, -0.2) is 4.79 Å². The Bertz CT molecular complexity index is 1780. The van der Waals surface area contributed by atoms with E-state index in [1.807, 2.05) is 0 Å².